The molecule has 1 fully saturated rings. The highest BCUT2D eigenvalue weighted by Gasteiger charge is 2.41. The van der Waals surface area contributed by atoms with Crippen molar-refractivity contribution in [3.05, 3.63) is 71.2 Å². The van der Waals surface area contributed by atoms with Gasteiger partial charge in [-0.05, 0) is 49.1 Å². The van der Waals surface area contributed by atoms with Gasteiger partial charge in [0.25, 0.3) is 0 Å². The average Bonchev–Trinajstić information content (AvgIpc) is 2.94. The third-order valence-corrected chi connectivity index (χ3v) is 4.97. The minimum absolute atomic E-state index is 0.0553. The quantitative estimate of drug-likeness (QED) is 0.587. The molecule has 1 N–H and O–H groups in total. The molecule has 1 aliphatic carbocycles. The molecular weight excluding hydrogens is 285 g/mol. The largest absolute Gasteiger partial charge is 0.361 e. The predicted molar refractivity (Wildman–Crippen MR) is 95.4 cm³/mol. The smallest absolute Gasteiger partial charge is 0.123 e. The summed E-state index contributed by atoms with van der Waals surface area (Å²) in [6.45, 7) is 6.11. The van der Waals surface area contributed by atoms with Crippen LogP contribution >= 0.6 is 0 Å². The fourth-order valence-electron chi connectivity index (χ4n) is 3.61. The van der Waals surface area contributed by atoms with Crippen molar-refractivity contribution in [1.82, 2.24) is 4.98 Å². The number of aromatic nitrogens is 1. The summed E-state index contributed by atoms with van der Waals surface area (Å²) >= 11 is 0. The lowest BCUT2D eigenvalue weighted by atomic mass is 9.60. The van der Waals surface area contributed by atoms with Gasteiger partial charge < -0.3 is 4.98 Å². The Bertz CT molecular complexity index is 794. The van der Waals surface area contributed by atoms with Gasteiger partial charge in [-0.3, -0.25) is 0 Å². The second kappa shape index (κ2) is 6.19. The van der Waals surface area contributed by atoms with E-state index < -0.39 is 0 Å². The molecule has 1 saturated carbocycles. The number of aryl methyl sites for hydroxylation is 1. The van der Waals surface area contributed by atoms with Crippen LogP contribution in [0, 0.1) is 12.7 Å². The molecule has 4 rings (SSSR count). The summed E-state index contributed by atoms with van der Waals surface area (Å²) in [6.07, 6.45) is 5.58. The normalized spacial score (nSPS) is 15.7. The van der Waals surface area contributed by atoms with Gasteiger partial charge in [0.15, 0.2) is 0 Å². The van der Waals surface area contributed by atoms with Crippen LogP contribution in [0.2, 0.25) is 0 Å². The van der Waals surface area contributed by atoms with Crippen LogP contribution in [0.25, 0.3) is 10.9 Å². The van der Waals surface area contributed by atoms with Gasteiger partial charge in [-0.1, -0.05) is 50.1 Å². The maximum Gasteiger partial charge on any atom is 0.123 e. The Hall–Kier alpha value is -2.09. The molecule has 2 aromatic carbocycles. The Labute approximate surface area is 137 Å². The summed E-state index contributed by atoms with van der Waals surface area (Å²) < 4.78 is 13.6. The molecule has 0 aliphatic heterocycles. The first kappa shape index (κ1) is 15.8. The molecule has 3 aromatic rings. The summed E-state index contributed by atoms with van der Waals surface area (Å²) in [5.41, 5.74) is 4.94. The molecule has 1 aliphatic rings. The van der Waals surface area contributed by atoms with E-state index in [1.54, 1.807) is 6.07 Å². The zero-order chi connectivity index (χ0) is 16.4. The van der Waals surface area contributed by atoms with E-state index in [2.05, 4.69) is 42.4 Å². The van der Waals surface area contributed by atoms with Crippen molar-refractivity contribution in [2.75, 3.05) is 0 Å². The van der Waals surface area contributed by atoms with Gasteiger partial charge in [-0.25, -0.2) is 4.39 Å². The van der Waals surface area contributed by atoms with Crippen molar-refractivity contribution in [1.29, 1.82) is 0 Å². The molecule has 1 heterocycles. The zero-order valence-corrected chi connectivity index (χ0v) is 14.1. The topological polar surface area (TPSA) is 15.8 Å². The van der Waals surface area contributed by atoms with Gasteiger partial charge in [-0.2, -0.15) is 0 Å². The number of H-pyrrole nitrogens is 1. The lowest BCUT2D eigenvalue weighted by Gasteiger charge is -2.42. The average molecular weight is 309 g/mol. The van der Waals surface area contributed by atoms with Gasteiger partial charge in [0.1, 0.15) is 5.82 Å². The van der Waals surface area contributed by atoms with Crippen LogP contribution in [0.15, 0.2) is 48.7 Å². The summed E-state index contributed by atoms with van der Waals surface area (Å²) in [6, 6.07) is 13.8. The van der Waals surface area contributed by atoms with E-state index in [-0.39, 0.29) is 11.2 Å². The summed E-state index contributed by atoms with van der Waals surface area (Å²) in [4.78, 5) is 3.30. The van der Waals surface area contributed by atoms with E-state index in [4.69, 9.17) is 0 Å². The lowest BCUT2D eigenvalue weighted by molar-refractivity contribution is 0.304. The standard InChI is InChI=1S/C19H18FN.C2H6/c1-13-3-5-14(6-4-13)19(9-2-10-19)17-12-21-18-8-7-15(20)11-16(17)18;1-2/h3-8,11-12,21H,2,9-10H2,1H3;1-2H3. The first-order valence-electron chi connectivity index (χ1n) is 8.53. The number of benzene rings is 2. The van der Waals surface area contributed by atoms with Crippen LogP contribution in [0.5, 0.6) is 0 Å². The zero-order valence-electron chi connectivity index (χ0n) is 14.1. The molecule has 0 radical (unpaired) electrons. The molecule has 1 nitrogen and oxygen atoms in total. The van der Waals surface area contributed by atoms with E-state index in [9.17, 15) is 4.39 Å². The van der Waals surface area contributed by atoms with Crippen LogP contribution in [-0.2, 0) is 5.41 Å². The number of hydrogen-bond acceptors (Lipinski definition) is 0. The van der Waals surface area contributed by atoms with Crippen LogP contribution in [0.3, 0.4) is 0 Å². The first-order valence-corrected chi connectivity index (χ1v) is 8.53. The van der Waals surface area contributed by atoms with E-state index >= 15 is 0 Å². The van der Waals surface area contributed by atoms with Gasteiger partial charge in [0, 0.05) is 22.5 Å². The molecule has 120 valence electrons. The van der Waals surface area contributed by atoms with Crippen molar-refractivity contribution >= 4 is 10.9 Å². The Morgan fingerprint density at radius 1 is 1.00 bits per heavy atom. The second-order valence-corrected chi connectivity index (χ2v) is 6.19. The SMILES string of the molecule is CC.Cc1ccc(C2(c3c[nH]c4ccc(F)cc34)CCC2)cc1. The van der Waals surface area contributed by atoms with E-state index in [0.29, 0.717) is 0 Å². The second-order valence-electron chi connectivity index (χ2n) is 6.19. The van der Waals surface area contributed by atoms with Crippen molar-refractivity contribution in [3.63, 3.8) is 0 Å². The highest BCUT2D eigenvalue weighted by atomic mass is 19.1. The molecule has 0 atom stereocenters. The third kappa shape index (κ3) is 2.56. The monoisotopic (exact) mass is 309 g/mol. The fourth-order valence-corrected chi connectivity index (χ4v) is 3.61. The Kier molecular flexibility index (Phi) is 4.25. The molecule has 0 saturated heterocycles. The van der Waals surface area contributed by atoms with Crippen LogP contribution in [0.4, 0.5) is 4.39 Å². The maximum absolute atomic E-state index is 13.6. The van der Waals surface area contributed by atoms with Gasteiger partial charge in [0.2, 0.25) is 0 Å². The van der Waals surface area contributed by atoms with Crippen LogP contribution in [-0.4, -0.2) is 4.98 Å². The number of aromatic amines is 1. The van der Waals surface area contributed by atoms with Crippen LogP contribution in [0.1, 0.15) is 49.8 Å². The highest BCUT2D eigenvalue weighted by Crippen LogP contribution is 2.51. The Morgan fingerprint density at radius 3 is 2.30 bits per heavy atom. The third-order valence-electron chi connectivity index (χ3n) is 4.97. The molecule has 0 unspecified atom stereocenters. The first-order chi connectivity index (χ1) is 11.2. The summed E-state index contributed by atoms with van der Waals surface area (Å²) in [5.74, 6) is -0.165. The number of fused-ring (bicyclic) bond motifs is 1. The van der Waals surface area contributed by atoms with E-state index in [0.717, 1.165) is 23.7 Å². The maximum atomic E-state index is 13.6. The van der Waals surface area contributed by atoms with Gasteiger partial charge >= 0.3 is 0 Å². The van der Waals surface area contributed by atoms with E-state index in [1.165, 1.54) is 29.2 Å². The molecule has 0 bridgehead atoms. The van der Waals surface area contributed by atoms with Gasteiger partial charge in [0.05, 0.1) is 0 Å². The Morgan fingerprint density at radius 2 is 1.70 bits per heavy atom. The minimum Gasteiger partial charge on any atom is -0.361 e. The molecule has 2 heteroatoms. The summed E-state index contributed by atoms with van der Waals surface area (Å²) in [7, 11) is 0. The molecule has 1 aromatic heterocycles. The van der Waals surface area contributed by atoms with Crippen molar-refractivity contribution in [3.8, 4) is 0 Å². The fraction of sp³-hybridized carbons (Fsp3) is 0.333. The molecule has 0 spiro atoms. The van der Waals surface area contributed by atoms with Crippen LogP contribution < -0.4 is 0 Å². The predicted octanol–water partition coefficient (Wildman–Crippen LogP) is 6.11. The van der Waals surface area contributed by atoms with E-state index in [1.807, 2.05) is 19.9 Å². The number of rotatable bonds is 2. The number of hydrogen-bond donors (Lipinski definition) is 1. The molecule has 23 heavy (non-hydrogen) atoms. The Balaban J connectivity index is 0.000000753. The highest BCUT2D eigenvalue weighted by molar-refractivity contribution is 5.85. The molecule has 0 amide bonds. The summed E-state index contributed by atoms with van der Waals surface area (Å²) in [5, 5.41) is 1.02. The molecular formula is C21H24FN. The van der Waals surface area contributed by atoms with Crippen molar-refractivity contribution in [2.24, 2.45) is 0 Å². The lowest BCUT2D eigenvalue weighted by Crippen LogP contribution is -2.35. The minimum atomic E-state index is -0.165. The number of nitrogens with one attached hydrogen (secondary N) is 1. The number of halogens is 1. The van der Waals surface area contributed by atoms with Crippen molar-refractivity contribution in [2.45, 2.75) is 45.4 Å². The van der Waals surface area contributed by atoms with Gasteiger partial charge in [-0.15, -0.1) is 0 Å². The van der Waals surface area contributed by atoms with Crippen molar-refractivity contribution < 1.29 is 4.39 Å².